The molecule has 1 aromatic carbocycles. The summed E-state index contributed by atoms with van der Waals surface area (Å²) in [6.07, 6.45) is 0.768. The van der Waals surface area contributed by atoms with Gasteiger partial charge in [0, 0.05) is 31.1 Å². The quantitative estimate of drug-likeness (QED) is 0.450. The third-order valence-electron chi connectivity index (χ3n) is 7.26. The SMILES string of the molecule is Cn1c(=O)c2c(c3cc(Nc4nc(N5C[C@@H](O)C[C@@H](F)C5)ncc4Cl)ccc31)N[C@@H](C1CC1)C(F)(F)CO2. The molecule has 38 heavy (non-hydrogen) atoms. The predicted molar refractivity (Wildman–Crippen MR) is 138 cm³/mol. The van der Waals surface area contributed by atoms with Gasteiger partial charge in [-0.05, 0) is 37.0 Å². The van der Waals surface area contributed by atoms with Crippen LogP contribution in [-0.2, 0) is 7.05 Å². The summed E-state index contributed by atoms with van der Waals surface area (Å²) < 4.78 is 50.6. The smallest absolute Gasteiger partial charge is 0.301 e. The first-order chi connectivity index (χ1) is 18.1. The number of hydrogen-bond donors (Lipinski definition) is 3. The number of pyridine rings is 1. The van der Waals surface area contributed by atoms with Gasteiger partial charge in [-0.2, -0.15) is 4.98 Å². The van der Waals surface area contributed by atoms with Crippen LogP contribution in [0.15, 0.2) is 29.2 Å². The predicted octanol–water partition coefficient (Wildman–Crippen LogP) is 3.85. The maximum absolute atomic E-state index is 14.9. The molecule has 4 heterocycles. The number of aryl methyl sites for hydroxylation is 1. The van der Waals surface area contributed by atoms with Crippen LogP contribution < -0.4 is 25.8 Å². The summed E-state index contributed by atoms with van der Waals surface area (Å²) in [5, 5.41) is 16.7. The molecule has 3 atom stereocenters. The second-order valence-corrected chi connectivity index (χ2v) is 10.6. The van der Waals surface area contributed by atoms with Crippen molar-refractivity contribution >= 4 is 45.6 Å². The fourth-order valence-electron chi connectivity index (χ4n) is 5.20. The molecule has 9 nitrogen and oxygen atoms in total. The standard InChI is InChI=1S/C25H26ClF3N6O3/c1-34-18-5-4-14(31-22-17(26)8-30-24(33-22)35-9-13(27)6-15(36)10-35)7-16(18)19-20(23(34)37)38-11-25(28,29)21(32-19)12-2-3-12/h4-5,7-8,12-13,15,21,32,36H,2-3,6,9-11H2,1H3,(H,30,31,33)/t13-,15+,21+/m1/s1. The van der Waals surface area contributed by atoms with Crippen molar-refractivity contribution in [1.29, 1.82) is 0 Å². The molecule has 3 aliphatic rings. The van der Waals surface area contributed by atoms with Gasteiger partial charge >= 0.3 is 5.92 Å². The highest BCUT2D eigenvalue weighted by Gasteiger charge is 2.51. The number of ether oxygens (including phenoxy) is 1. The molecule has 3 aromatic rings. The molecule has 1 saturated heterocycles. The molecule has 0 amide bonds. The van der Waals surface area contributed by atoms with Crippen LogP contribution in [0.4, 0.5) is 36.3 Å². The van der Waals surface area contributed by atoms with Crippen molar-refractivity contribution in [2.75, 3.05) is 35.2 Å². The Morgan fingerprint density at radius 2 is 2.08 bits per heavy atom. The number of fused-ring (bicyclic) bond motifs is 3. The van der Waals surface area contributed by atoms with Crippen molar-refractivity contribution in [3.05, 3.63) is 39.8 Å². The lowest BCUT2D eigenvalue weighted by molar-refractivity contribution is -0.0579. The molecule has 0 radical (unpaired) electrons. The van der Waals surface area contributed by atoms with Gasteiger partial charge < -0.3 is 29.9 Å². The number of rotatable bonds is 4. The first-order valence-electron chi connectivity index (χ1n) is 12.4. The Bertz CT molecular complexity index is 1460. The van der Waals surface area contributed by atoms with Crippen LogP contribution in [0, 0.1) is 5.92 Å². The van der Waals surface area contributed by atoms with Crippen LogP contribution >= 0.6 is 11.6 Å². The van der Waals surface area contributed by atoms with E-state index in [0.29, 0.717) is 29.4 Å². The van der Waals surface area contributed by atoms with Crippen molar-refractivity contribution in [3.8, 4) is 5.75 Å². The van der Waals surface area contributed by atoms with Crippen LogP contribution in [0.5, 0.6) is 5.75 Å². The molecule has 2 fully saturated rings. The molecule has 6 rings (SSSR count). The Kier molecular flexibility index (Phi) is 6.06. The molecule has 3 N–H and O–H groups in total. The lowest BCUT2D eigenvalue weighted by Gasteiger charge is -2.32. The number of piperidine rings is 1. The molecule has 0 spiro atoms. The number of β-amino-alcohol motifs (C(OH)–C–C–N with tert-alkyl or cyclic N) is 1. The summed E-state index contributed by atoms with van der Waals surface area (Å²) in [7, 11) is 1.56. The molecule has 0 bridgehead atoms. The van der Waals surface area contributed by atoms with Crippen LogP contribution in [0.25, 0.3) is 10.9 Å². The van der Waals surface area contributed by atoms with E-state index in [4.69, 9.17) is 16.3 Å². The summed E-state index contributed by atoms with van der Waals surface area (Å²) in [4.78, 5) is 23.2. The van der Waals surface area contributed by atoms with Crippen LogP contribution in [0.3, 0.4) is 0 Å². The van der Waals surface area contributed by atoms with Crippen molar-refractivity contribution in [1.82, 2.24) is 14.5 Å². The van der Waals surface area contributed by atoms with Gasteiger partial charge in [0.25, 0.3) is 5.56 Å². The topological polar surface area (TPSA) is 105 Å². The van der Waals surface area contributed by atoms with E-state index in [9.17, 15) is 23.1 Å². The number of nitrogens with one attached hydrogen (secondary N) is 2. The Morgan fingerprint density at radius 1 is 1.29 bits per heavy atom. The van der Waals surface area contributed by atoms with E-state index in [1.165, 1.54) is 10.8 Å². The fraction of sp³-hybridized carbons (Fsp3) is 0.480. The Labute approximate surface area is 220 Å². The zero-order chi connectivity index (χ0) is 26.8. The van der Waals surface area contributed by atoms with Crippen molar-refractivity contribution in [2.45, 2.75) is 43.5 Å². The Balaban J connectivity index is 1.38. The third kappa shape index (κ3) is 4.49. The molecule has 13 heteroatoms. The van der Waals surface area contributed by atoms with Crippen molar-refractivity contribution in [2.24, 2.45) is 13.0 Å². The minimum Gasteiger partial charge on any atom is -0.480 e. The Morgan fingerprint density at radius 3 is 2.82 bits per heavy atom. The lowest BCUT2D eigenvalue weighted by atomic mass is 10.0. The average Bonchev–Trinajstić information content (AvgIpc) is 3.71. The molecular weight excluding hydrogens is 525 g/mol. The first-order valence-corrected chi connectivity index (χ1v) is 12.8. The highest BCUT2D eigenvalue weighted by molar-refractivity contribution is 6.32. The number of aliphatic hydroxyl groups is 1. The molecule has 2 aliphatic heterocycles. The van der Waals surface area contributed by atoms with E-state index >= 15 is 0 Å². The van der Waals surface area contributed by atoms with Gasteiger partial charge in [0.1, 0.15) is 11.2 Å². The number of alkyl halides is 3. The van der Waals surface area contributed by atoms with E-state index < -0.39 is 36.4 Å². The lowest BCUT2D eigenvalue weighted by Crippen LogP contribution is -2.45. The number of hydrogen-bond acceptors (Lipinski definition) is 8. The van der Waals surface area contributed by atoms with Crippen LogP contribution in [0.2, 0.25) is 5.02 Å². The van der Waals surface area contributed by atoms with Gasteiger partial charge in [0.05, 0.1) is 36.1 Å². The van der Waals surface area contributed by atoms with Gasteiger partial charge in [-0.1, -0.05) is 11.6 Å². The maximum atomic E-state index is 14.9. The van der Waals surface area contributed by atoms with E-state index in [0.717, 1.165) is 0 Å². The number of aliphatic hydroxyl groups excluding tert-OH is 1. The van der Waals surface area contributed by atoms with Gasteiger partial charge in [-0.25, -0.2) is 18.2 Å². The monoisotopic (exact) mass is 550 g/mol. The molecule has 1 saturated carbocycles. The van der Waals surface area contributed by atoms with Gasteiger partial charge in [-0.3, -0.25) is 4.79 Å². The molecule has 2 aromatic heterocycles. The maximum Gasteiger partial charge on any atom is 0.301 e. The number of aromatic nitrogens is 3. The number of anilines is 4. The summed E-state index contributed by atoms with van der Waals surface area (Å²) in [6, 6.07) is 3.96. The van der Waals surface area contributed by atoms with E-state index in [-0.39, 0.29) is 53.7 Å². The second-order valence-electron chi connectivity index (χ2n) is 10.2. The largest absolute Gasteiger partial charge is 0.480 e. The van der Waals surface area contributed by atoms with Gasteiger partial charge in [0.2, 0.25) is 11.7 Å². The normalized spacial score (nSPS) is 24.8. The van der Waals surface area contributed by atoms with E-state index in [1.807, 2.05) is 0 Å². The summed E-state index contributed by atoms with van der Waals surface area (Å²) in [6.45, 7) is -0.639. The molecular formula is C25H26ClF3N6O3. The third-order valence-corrected chi connectivity index (χ3v) is 7.54. The number of benzene rings is 1. The van der Waals surface area contributed by atoms with E-state index in [2.05, 4.69) is 20.6 Å². The molecule has 202 valence electrons. The first kappa shape index (κ1) is 25.1. The number of halogens is 4. The highest BCUT2D eigenvalue weighted by atomic mass is 35.5. The van der Waals surface area contributed by atoms with E-state index in [1.54, 1.807) is 30.1 Å². The summed E-state index contributed by atoms with van der Waals surface area (Å²) in [5.74, 6) is -3.03. The minimum absolute atomic E-state index is 0.0483. The van der Waals surface area contributed by atoms with Crippen molar-refractivity contribution in [3.63, 3.8) is 0 Å². The zero-order valence-corrected chi connectivity index (χ0v) is 21.2. The minimum atomic E-state index is -3.14. The summed E-state index contributed by atoms with van der Waals surface area (Å²) >= 11 is 6.35. The summed E-state index contributed by atoms with van der Waals surface area (Å²) in [5.41, 5.74) is 0.770. The van der Waals surface area contributed by atoms with Gasteiger partial charge in [-0.15, -0.1) is 0 Å². The Hall–Kier alpha value is -3.25. The molecule has 0 unspecified atom stereocenters. The van der Waals surface area contributed by atoms with Crippen LogP contribution in [-0.4, -0.2) is 63.6 Å². The zero-order valence-electron chi connectivity index (χ0n) is 20.4. The average molecular weight is 551 g/mol. The number of nitrogens with zero attached hydrogens (tertiary/aromatic N) is 4. The second kappa shape index (κ2) is 9.19. The van der Waals surface area contributed by atoms with Gasteiger partial charge in [0.15, 0.2) is 12.4 Å². The fourth-order valence-corrected chi connectivity index (χ4v) is 5.33. The highest BCUT2D eigenvalue weighted by Crippen LogP contribution is 2.45. The van der Waals surface area contributed by atoms with Crippen molar-refractivity contribution < 1.29 is 23.0 Å². The van der Waals surface area contributed by atoms with Crippen LogP contribution in [0.1, 0.15) is 19.3 Å². The molecule has 1 aliphatic carbocycles.